The van der Waals surface area contributed by atoms with Crippen molar-refractivity contribution >= 4 is 17.1 Å². The Morgan fingerprint density at radius 1 is 1.32 bits per heavy atom. The third-order valence-electron chi connectivity index (χ3n) is 3.45. The highest BCUT2D eigenvalue weighted by Crippen LogP contribution is 2.30. The molecule has 1 aromatic rings. The number of rotatable bonds is 5. The second-order valence-electron chi connectivity index (χ2n) is 4.96. The van der Waals surface area contributed by atoms with Gasteiger partial charge in [0, 0.05) is 24.4 Å². The van der Waals surface area contributed by atoms with Crippen LogP contribution >= 0.6 is 0 Å². The largest absolute Gasteiger partial charge is 0.388 e. The molecule has 2 rings (SSSR count). The van der Waals surface area contributed by atoms with Crippen molar-refractivity contribution < 1.29 is 10.0 Å². The van der Waals surface area contributed by atoms with Gasteiger partial charge in [0.15, 0.2) is 0 Å². The summed E-state index contributed by atoms with van der Waals surface area (Å²) in [6.07, 6.45) is 3.55. The first kappa shape index (κ1) is 13.6. The molecule has 7 heteroatoms. The predicted octanol–water partition coefficient (Wildman–Crippen LogP) is 1.60. The number of non-ortho nitro benzene ring substituents is 1. The Kier molecular flexibility index (Phi) is 3.87. The number of aliphatic hydroxyl groups is 1. The second kappa shape index (κ2) is 5.41. The van der Waals surface area contributed by atoms with Crippen molar-refractivity contribution in [3.63, 3.8) is 0 Å². The van der Waals surface area contributed by atoms with Crippen LogP contribution in [0.3, 0.4) is 0 Å². The standard InChI is InChI=1S/C12H18N4O3/c13-15-10-5-9(6-11(7-10)16(18)19)14-8-12(17)3-1-2-4-12/h5-7,14-15,17H,1-4,8,13H2. The minimum atomic E-state index is -0.707. The average Bonchev–Trinajstić information content (AvgIpc) is 2.83. The molecule has 0 bridgehead atoms. The van der Waals surface area contributed by atoms with Crippen LogP contribution in [0.2, 0.25) is 0 Å². The molecule has 7 nitrogen and oxygen atoms in total. The number of nitro benzene ring substituents is 1. The van der Waals surface area contributed by atoms with E-state index in [2.05, 4.69) is 10.7 Å². The summed E-state index contributed by atoms with van der Waals surface area (Å²) in [5.74, 6) is 5.28. The van der Waals surface area contributed by atoms with Crippen molar-refractivity contribution in [3.05, 3.63) is 28.3 Å². The summed E-state index contributed by atoms with van der Waals surface area (Å²) < 4.78 is 0. The molecule has 0 spiro atoms. The summed E-state index contributed by atoms with van der Waals surface area (Å²) in [5, 5.41) is 24.1. The fourth-order valence-electron chi connectivity index (χ4n) is 2.38. The van der Waals surface area contributed by atoms with E-state index in [-0.39, 0.29) is 5.69 Å². The lowest BCUT2D eigenvalue weighted by atomic mass is 10.0. The summed E-state index contributed by atoms with van der Waals surface area (Å²) in [6.45, 7) is 0.387. The van der Waals surface area contributed by atoms with Crippen molar-refractivity contribution in [2.24, 2.45) is 5.84 Å². The Morgan fingerprint density at radius 2 is 1.95 bits per heavy atom. The van der Waals surface area contributed by atoms with Crippen LogP contribution in [0.5, 0.6) is 0 Å². The zero-order valence-corrected chi connectivity index (χ0v) is 10.6. The highest BCUT2D eigenvalue weighted by Gasteiger charge is 2.30. The molecule has 0 atom stereocenters. The van der Waals surface area contributed by atoms with Crippen LogP contribution < -0.4 is 16.6 Å². The molecule has 1 aliphatic rings. The van der Waals surface area contributed by atoms with Crippen molar-refractivity contribution in [2.45, 2.75) is 31.3 Å². The highest BCUT2D eigenvalue weighted by atomic mass is 16.6. The van der Waals surface area contributed by atoms with Gasteiger partial charge in [0.25, 0.3) is 5.69 Å². The van der Waals surface area contributed by atoms with E-state index < -0.39 is 10.5 Å². The molecule has 1 fully saturated rings. The first-order chi connectivity index (χ1) is 9.02. The van der Waals surface area contributed by atoms with E-state index in [1.807, 2.05) is 0 Å². The van der Waals surface area contributed by atoms with E-state index in [0.29, 0.717) is 17.9 Å². The molecule has 5 N–H and O–H groups in total. The Labute approximate surface area is 110 Å². The summed E-state index contributed by atoms with van der Waals surface area (Å²) in [7, 11) is 0. The average molecular weight is 266 g/mol. The van der Waals surface area contributed by atoms with Gasteiger partial charge in [-0.05, 0) is 18.9 Å². The van der Waals surface area contributed by atoms with Gasteiger partial charge in [0.05, 0.1) is 16.2 Å². The van der Waals surface area contributed by atoms with Crippen LogP contribution in [0, 0.1) is 10.1 Å². The van der Waals surface area contributed by atoms with E-state index in [0.717, 1.165) is 25.7 Å². The van der Waals surface area contributed by atoms with Crippen molar-refractivity contribution in [3.8, 4) is 0 Å². The van der Waals surface area contributed by atoms with E-state index in [1.54, 1.807) is 6.07 Å². The van der Waals surface area contributed by atoms with Gasteiger partial charge in [-0.15, -0.1) is 0 Å². The number of hydrogen-bond donors (Lipinski definition) is 4. The monoisotopic (exact) mass is 266 g/mol. The predicted molar refractivity (Wildman–Crippen MR) is 72.8 cm³/mol. The zero-order chi connectivity index (χ0) is 13.9. The number of nitrogens with one attached hydrogen (secondary N) is 2. The normalized spacial score (nSPS) is 17.2. The molecule has 0 unspecified atom stereocenters. The van der Waals surface area contributed by atoms with Crippen molar-refractivity contribution in [1.29, 1.82) is 0 Å². The molecular weight excluding hydrogens is 248 g/mol. The first-order valence-corrected chi connectivity index (χ1v) is 6.25. The summed E-state index contributed by atoms with van der Waals surface area (Å²) >= 11 is 0. The Hall–Kier alpha value is -1.86. The molecule has 0 aliphatic heterocycles. The number of hydrogen-bond acceptors (Lipinski definition) is 6. The number of nitrogen functional groups attached to an aromatic ring is 1. The molecule has 0 aromatic heterocycles. The van der Waals surface area contributed by atoms with E-state index >= 15 is 0 Å². The van der Waals surface area contributed by atoms with Crippen LogP contribution in [-0.4, -0.2) is 22.2 Å². The molecule has 0 saturated heterocycles. The van der Waals surface area contributed by atoms with E-state index in [9.17, 15) is 15.2 Å². The van der Waals surface area contributed by atoms with Gasteiger partial charge < -0.3 is 15.8 Å². The quantitative estimate of drug-likeness (QED) is 0.365. The molecule has 0 radical (unpaired) electrons. The minimum absolute atomic E-state index is 0.0450. The highest BCUT2D eigenvalue weighted by molar-refractivity contribution is 5.63. The van der Waals surface area contributed by atoms with Gasteiger partial charge in [-0.2, -0.15) is 0 Å². The Balaban J connectivity index is 2.10. The third-order valence-corrected chi connectivity index (χ3v) is 3.45. The summed E-state index contributed by atoms with van der Waals surface area (Å²) in [6, 6.07) is 4.46. The third kappa shape index (κ3) is 3.33. The van der Waals surface area contributed by atoms with Gasteiger partial charge in [-0.1, -0.05) is 12.8 Å². The van der Waals surface area contributed by atoms with Crippen LogP contribution in [0.15, 0.2) is 18.2 Å². The van der Waals surface area contributed by atoms with Crippen LogP contribution in [0.4, 0.5) is 17.1 Å². The van der Waals surface area contributed by atoms with Crippen LogP contribution in [0.1, 0.15) is 25.7 Å². The van der Waals surface area contributed by atoms with Gasteiger partial charge in [0.1, 0.15) is 0 Å². The van der Waals surface area contributed by atoms with Gasteiger partial charge >= 0.3 is 0 Å². The van der Waals surface area contributed by atoms with E-state index in [1.165, 1.54) is 12.1 Å². The van der Waals surface area contributed by atoms with Crippen LogP contribution in [0.25, 0.3) is 0 Å². The van der Waals surface area contributed by atoms with Crippen molar-refractivity contribution in [2.75, 3.05) is 17.3 Å². The number of hydrazine groups is 1. The number of benzene rings is 1. The van der Waals surface area contributed by atoms with Gasteiger partial charge in [0.2, 0.25) is 0 Å². The number of nitrogens with zero attached hydrogens (tertiary/aromatic N) is 1. The van der Waals surface area contributed by atoms with Crippen molar-refractivity contribution in [1.82, 2.24) is 0 Å². The lowest BCUT2D eigenvalue weighted by molar-refractivity contribution is -0.384. The van der Waals surface area contributed by atoms with Gasteiger partial charge in [-0.25, -0.2) is 0 Å². The van der Waals surface area contributed by atoms with Crippen LogP contribution in [-0.2, 0) is 0 Å². The first-order valence-electron chi connectivity index (χ1n) is 6.25. The Morgan fingerprint density at radius 3 is 2.53 bits per heavy atom. The lowest BCUT2D eigenvalue weighted by Gasteiger charge is -2.23. The maximum absolute atomic E-state index is 10.8. The fourth-order valence-corrected chi connectivity index (χ4v) is 2.38. The molecule has 1 aliphatic carbocycles. The maximum atomic E-state index is 10.8. The van der Waals surface area contributed by atoms with Gasteiger partial charge in [-0.3, -0.25) is 16.0 Å². The fraction of sp³-hybridized carbons (Fsp3) is 0.500. The molecule has 1 saturated carbocycles. The maximum Gasteiger partial charge on any atom is 0.273 e. The molecule has 104 valence electrons. The molecule has 0 amide bonds. The van der Waals surface area contributed by atoms with E-state index in [4.69, 9.17) is 5.84 Å². The summed E-state index contributed by atoms with van der Waals surface area (Å²) in [5.41, 5.74) is 2.67. The SMILES string of the molecule is NNc1cc(NCC2(O)CCCC2)cc([N+](=O)[O-])c1. The topological polar surface area (TPSA) is 113 Å². The summed E-state index contributed by atoms with van der Waals surface area (Å²) in [4.78, 5) is 10.3. The smallest absolute Gasteiger partial charge is 0.273 e. The zero-order valence-electron chi connectivity index (χ0n) is 10.6. The Bertz CT molecular complexity index is 472. The number of nitrogens with two attached hydrogens (primary N) is 1. The second-order valence-corrected chi connectivity index (χ2v) is 4.96. The molecule has 19 heavy (non-hydrogen) atoms. The molecular formula is C12H18N4O3. The number of anilines is 2. The number of nitro groups is 1. The molecule has 1 aromatic carbocycles. The lowest BCUT2D eigenvalue weighted by Crippen LogP contribution is -2.33. The molecule has 0 heterocycles. The minimum Gasteiger partial charge on any atom is -0.388 e.